The first kappa shape index (κ1) is 21.4. The van der Waals surface area contributed by atoms with E-state index in [4.69, 9.17) is 16.3 Å². The molecule has 1 N–H and O–H groups in total. The fourth-order valence-corrected chi connectivity index (χ4v) is 4.79. The normalized spacial score (nSPS) is 11.1. The third kappa shape index (κ3) is 5.85. The number of hydrazone groups is 1. The van der Waals surface area contributed by atoms with E-state index < -0.39 is 0 Å². The smallest absolute Gasteiger partial charge is 0.250 e. The average molecular weight is 468 g/mol. The predicted octanol–water partition coefficient (Wildman–Crippen LogP) is 5.77. The van der Waals surface area contributed by atoms with E-state index in [0.717, 1.165) is 25.7 Å². The molecular formula is C23H18ClN3O2S2. The first-order valence-corrected chi connectivity index (χ1v) is 11.6. The monoisotopic (exact) mass is 467 g/mol. The van der Waals surface area contributed by atoms with Gasteiger partial charge in [0.15, 0.2) is 4.34 Å². The van der Waals surface area contributed by atoms with Crippen LogP contribution in [-0.2, 0) is 11.4 Å². The molecule has 0 bridgehead atoms. The number of amides is 1. The molecule has 1 amide bonds. The van der Waals surface area contributed by atoms with Crippen molar-refractivity contribution >= 4 is 57.0 Å². The van der Waals surface area contributed by atoms with Crippen molar-refractivity contribution in [2.24, 2.45) is 5.10 Å². The van der Waals surface area contributed by atoms with Gasteiger partial charge in [-0.25, -0.2) is 10.4 Å². The van der Waals surface area contributed by atoms with Crippen molar-refractivity contribution in [2.75, 3.05) is 5.75 Å². The molecule has 0 aliphatic heterocycles. The fraction of sp³-hybridized carbons (Fsp3) is 0.0870. The van der Waals surface area contributed by atoms with E-state index in [2.05, 4.69) is 15.5 Å². The molecule has 5 nitrogen and oxygen atoms in total. The van der Waals surface area contributed by atoms with Crippen molar-refractivity contribution in [3.05, 3.63) is 88.9 Å². The molecule has 8 heteroatoms. The lowest BCUT2D eigenvalue weighted by atomic mass is 10.2. The quantitative estimate of drug-likeness (QED) is 0.203. The van der Waals surface area contributed by atoms with Gasteiger partial charge >= 0.3 is 0 Å². The summed E-state index contributed by atoms with van der Waals surface area (Å²) in [5.74, 6) is 0.696. The minimum absolute atomic E-state index is 0.199. The Labute approximate surface area is 193 Å². The topological polar surface area (TPSA) is 63.6 Å². The minimum atomic E-state index is -0.199. The number of thioether (sulfide) groups is 1. The molecule has 4 rings (SSSR count). The molecule has 31 heavy (non-hydrogen) atoms. The highest BCUT2D eigenvalue weighted by Crippen LogP contribution is 2.29. The second kappa shape index (κ2) is 10.4. The molecule has 1 aromatic heterocycles. The second-order valence-corrected chi connectivity index (χ2v) is 9.11. The number of carbonyl (C=O) groups is 1. The number of halogens is 1. The van der Waals surface area contributed by atoms with Gasteiger partial charge in [-0.15, -0.1) is 11.3 Å². The summed E-state index contributed by atoms with van der Waals surface area (Å²) >= 11 is 9.16. The summed E-state index contributed by atoms with van der Waals surface area (Å²) in [5, 5.41) is 4.73. The van der Waals surface area contributed by atoms with Gasteiger partial charge in [-0.3, -0.25) is 4.79 Å². The van der Waals surface area contributed by atoms with E-state index >= 15 is 0 Å². The third-order valence-corrected chi connectivity index (χ3v) is 6.80. The molecule has 156 valence electrons. The van der Waals surface area contributed by atoms with Gasteiger partial charge < -0.3 is 4.74 Å². The molecule has 0 aliphatic rings. The maximum Gasteiger partial charge on any atom is 0.250 e. The Morgan fingerprint density at radius 3 is 2.74 bits per heavy atom. The summed E-state index contributed by atoms with van der Waals surface area (Å²) in [5.41, 5.74) is 5.16. The number of aromatic nitrogens is 1. The number of carbonyl (C=O) groups excluding carboxylic acids is 1. The van der Waals surface area contributed by atoms with Gasteiger partial charge in [-0.05, 0) is 30.3 Å². The lowest BCUT2D eigenvalue weighted by molar-refractivity contribution is -0.118. The number of para-hydroxylation sites is 2. The summed E-state index contributed by atoms with van der Waals surface area (Å²) in [6.45, 7) is 0.343. The first-order chi connectivity index (χ1) is 15.2. The summed E-state index contributed by atoms with van der Waals surface area (Å²) < 4.78 is 7.86. The van der Waals surface area contributed by atoms with Crippen LogP contribution in [-0.4, -0.2) is 22.9 Å². The molecule has 1 heterocycles. The summed E-state index contributed by atoms with van der Waals surface area (Å²) in [6, 6.07) is 22.9. The largest absolute Gasteiger partial charge is 0.488 e. The molecule has 0 saturated carbocycles. The van der Waals surface area contributed by atoms with E-state index in [1.165, 1.54) is 11.8 Å². The van der Waals surface area contributed by atoms with Crippen molar-refractivity contribution in [3.8, 4) is 5.75 Å². The van der Waals surface area contributed by atoms with Crippen molar-refractivity contribution in [1.29, 1.82) is 0 Å². The van der Waals surface area contributed by atoms with Gasteiger partial charge in [0, 0.05) is 16.1 Å². The van der Waals surface area contributed by atoms with Crippen LogP contribution in [0.4, 0.5) is 0 Å². The van der Waals surface area contributed by atoms with Crippen LogP contribution in [0.3, 0.4) is 0 Å². The lowest BCUT2D eigenvalue weighted by Crippen LogP contribution is -2.19. The standard InChI is InChI=1S/C23H18ClN3O2S2/c24-18-9-3-1-8-17(18)14-29-20-11-5-2-7-16(20)13-25-27-22(28)15-30-23-26-19-10-4-6-12-21(19)31-23/h1-13H,14-15H2,(H,27,28). The number of ether oxygens (including phenoxy) is 1. The fourth-order valence-electron chi connectivity index (χ4n) is 2.74. The van der Waals surface area contributed by atoms with Gasteiger partial charge in [0.25, 0.3) is 5.91 Å². The molecule has 0 aliphatic carbocycles. The van der Waals surface area contributed by atoms with Crippen molar-refractivity contribution < 1.29 is 9.53 Å². The zero-order valence-electron chi connectivity index (χ0n) is 16.3. The number of hydrogen-bond acceptors (Lipinski definition) is 6. The van der Waals surface area contributed by atoms with Gasteiger partial charge in [-0.2, -0.15) is 5.10 Å². The van der Waals surface area contributed by atoms with E-state index in [9.17, 15) is 4.79 Å². The molecule has 3 aromatic carbocycles. The molecule has 4 aromatic rings. The molecule has 0 spiro atoms. The number of thiazole rings is 1. The first-order valence-electron chi connectivity index (χ1n) is 9.44. The number of nitrogens with zero attached hydrogens (tertiary/aromatic N) is 2. The maximum absolute atomic E-state index is 12.1. The highest BCUT2D eigenvalue weighted by molar-refractivity contribution is 8.01. The molecule has 0 fully saturated rings. The molecule has 0 atom stereocenters. The SMILES string of the molecule is O=C(CSc1nc2ccccc2s1)NN=Cc1ccccc1OCc1ccccc1Cl. The Kier molecular flexibility index (Phi) is 7.19. The van der Waals surface area contributed by atoms with Crippen LogP contribution < -0.4 is 10.2 Å². The van der Waals surface area contributed by atoms with Crippen LogP contribution >= 0.6 is 34.7 Å². The zero-order chi connectivity index (χ0) is 21.5. The van der Waals surface area contributed by atoms with Gasteiger partial charge in [0.1, 0.15) is 12.4 Å². The Bertz CT molecular complexity index is 1190. The van der Waals surface area contributed by atoms with Crippen LogP contribution in [0.5, 0.6) is 5.75 Å². The Morgan fingerprint density at radius 2 is 1.87 bits per heavy atom. The Hall–Kier alpha value is -2.87. The van der Waals surface area contributed by atoms with Crippen LogP contribution in [0, 0.1) is 0 Å². The van der Waals surface area contributed by atoms with Crippen LogP contribution in [0.25, 0.3) is 10.2 Å². The highest BCUT2D eigenvalue weighted by Gasteiger charge is 2.08. The van der Waals surface area contributed by atoms with Gasteiger partial charge in [-0.1, -0.05) is 65.8 Å². The lowest BCUT2D eigenvalue weighted by Gasteiger charge is -2.10. The Morgan fingerprint density at radius 1 is 1.10 bits per heavy atom. The summed E-state index contributed by atoms with van der Waals surface area (Å²) in [6.07, 6.45) is 1.57. The number of fused-ring (bicyclic) bond motifs is 1. The molecular weight excluding hydrogens is 450 g/mol. The summed E-state index contributed by atoms with van der Waals surface area (Å²) in [4.78, 5) is 16.7. The zero-order valence-corrected chi connectivity index (χ0v) is 18.7. The molecule has 0 radical (unpaired) electrons. The number of hydrogen-bond donors (Lipinski definition) is 1. The third-order valence-electron chi connectivity index (χ3n) is 4.25. The highest BCUT2D eigenvalue weighted by atomic mass is 35.5. The van der Waals surface area contributed by atoms with E-state index in [0.29, 0.717) is 17.4 Å². The van der Waals surface area contributed by atoms with Crippen molar-refractivity contribution in [2.45, 2.75) is 10.9 Å². The molecule has 0 unspecified atom stereocenters. The number of rotatable bonds is 8. The van der Waals surface area contributed by atoms with E-state index in [-0.39, 0.29) is 11.7 Å². The van der Waals surface area contributed by atoms with Crippen LogP contribution in [0.2, 0.25) is 5.02 Å². The number of benzene rings is 3. The predicted molar refractivity (Wildman–Crippen MR) is 128 cm³/mol. The van der Waals surface area contributed by atoms with Gasteiger partial charge in [0.05, 0.1) is 22.2 Å². The summed E-state index contributed by atoms with van der Waals surface area (Å²) in [7, 11) is 0. The second-order valence-electron chi connectivity index (χ2n) is 6.45. The van der Waals surface area contributed by atoms with Gasteiger partial charge in [0.2, 0.25) is 0 Å². The van der Waals surface area contributed by atoms with Crippen LogP contribution in [0.1, 0.15) is 11.1 Å². The van der Waals surface area contributed by atoms with Crippen molar-refractivity contribution in [3.63, 3.8) is 0 Å². The van der Waals surface area contributed by atoms with Crippen molar-refractivity contribution in [1.82, 2.24) is 10.4 Å². The maximum atomic E-state index is 12.1. The minimum Gasteiger partial charge on any atom is -0.488 e. The molecule has 0 saturated heterocycles. The van der Waals surface area contributed by atoms with E-state index in [1.807, 2.05) is 72.8 Å². The average Bonchev–Trinajstić information content (AvgIpc) is 3.21. The Balaban J connectivity index is 1.31. The van der Waals surface area contributed by atoms with Crippen LogP contribution in [0.15, 0.2) is 82.2 Å². The van der Waals surface area contributed by atoms with E-state index in [1.54, 1.807) is 17.6 Å². The number of nitrogens with one attached hydrogen (secondary N) is 1.